The van der Waals surface area contributed by atoms with Crippen LogP contribution in [-0.4, -0.2) is 24.8 Å². The second kappa shape index (κ2) is 6.02. The zero-order chi connectivity index (χ0) is 11.4. The Morgan fingerprint density at radius 3 is 2.62 bits per heavy atom. The molecule has 2 aliphatic rings. The third kappa shape index (κ3) is 3.74. The van der Waals surface area contributed by atoms with Crippen molar-refractivity contribution in [3.63, 3.8) is 0 Å². The third-order valence-electron chi connectivity index (χ3n) is 4.21. The van der Waals surface area contributed by atoms with Crippen LogP contribution in [0.3, 0.4) is 0 Å². The average molecular weight is 225 g/mol. The summed E-state index contributed by atoms with van der Waals surface area (Å²) in [4.78, 5) is 0. The Morgan fingerprint density at radius 1 is 0.938 bits per heavy atom. The molecule has 1 N–H and O–H groups in total. The molecule has 94 valence electrons. The van der Waals surface area contributed by atoms with Gasteiger partial charge in [0.25, 0.3) is 0 Å². The lowest BCUT2D eigenvalue weighted by Crippen LogP contribution is -2.43. The molecule has 0 amide bonds. The highest BCUT2D eigenvalue weighted by atomic mass is 16.5. The molecule has 4 unspecified atom stereocenters. The van der Waals surface area contributed by atoms with Crippen molar-refractivity contribution in [2.75, 3.05) is 6.61 Å². The number of hydrogen-bond acceptors (Lipinski definition) is 2. The highest BCUT2D eigenvalue weighted by Crippen LogP contribution is 2.24. The van der Waals surface area contributed by atoms with Gasteiger partial charge in [-0.3, -0.25) is 0 Å². The second-order valence-electron chi connectivity index (χ2n) is 5.88. The van der Waals surface area contributed by atoms with Crippen molar-refractivity contribution in [1.29, 1.82) is 0 Å². The smallest absolute Gasteiger partial charge is 0.0561 e. The fourth-order valence-corrected chi connectivity index (χ4v) is 3.14. The van der Waals surface area contributed by atoms with Crippen molar-refractivity contribution in [3.8, 4) is 0 Å². The average Bonchev–Trinajstić information content (AvgIpc) is 2.44. The molecule has 2 rings (SSSR count). The van der Waals surface area contributed by atoms with Crippen LogP contribution in [0.15, 0.2) is 0 Å². The van der Waals surface area contributed by atoms with E-state index in [2.05, 4.69) is 19.2 Å². The second-order valence-corrected chi connectivity index (χ2v) is 5.88. The van der Waals surface area contributed by atoms with E-state index in [0.717, 1.165) is 18.6 Å². The number of hydrogen-bond donors (Lipinski definition) is 1. The molecule has 16 heavy (non-hydrogen) atoms. The van der Waals surface area contributed by atoms with Gasteiger partial charge in [0.1, 0.15) is 0 Å². The molecular formula is C14H27NO. The first-order valence-electron chi connectivity index (χ1n) is 7.11. The van der Waals surface area contributed by atoms with Gasteiger partial charge in [-0.1, -0.05) is 19.8 Å². The van der Waals surface area contributed by atoms with Gasteiger partial charge in [0.05, 0.1) is 6.10 Å². The van der Waals surface area contributed by atoms with E-state index in [0.29, 0.717) is 12.1 Å². The molecule has 0 bridgehead atoms. The molecule has 1 heterocycles. The van der Waals surface area contributed by atoms with Crippen LogP contribution in [0.4, 0.5) is 0 Å². The molecule has 0 aromatic rings. The van der Waals surface area contributed by atoms with E-state index in [9.17, 15) is 0 Å². The molecule has 2 heteroatoms. The maximum atomic E-state index is 5.60. The highest BCUT2D eigenvalue weighted by molar-refractivity contribution is 4.81. The van der Waals surface area contributed by atoms with Crippen molar-refractivity contribution in [2.24, 2.45) is 5.92 Å². The summed E-state index contributed by atoms with van der Waals surface area (Å²) in [5.74, 6) is 0.945. The standard InChI is InChI=1S/C14H27NO/c1-11-4-3-5-13(7-6-11)15-14-8-9-16-12(2)10-14/h11-15H,3-10H2,1-2H3. The molecule has 4 atom stereocenters. The lowest BCUT2D eigenvalue weighted by atomic mass is 10.0. The fourth-order valence-electron chi connectivity index (χ4n) is 3.14. The normalized spacial score (nSPS) is 41.6. The molecule has 2 fully saturated rings. The SMILES string of the molecule is CC1CCCC(NC2CCOC(C)C2)CC1. The molecular weight excluding hydrogens is 198 g/mol. The fraction of sp³-hybridized carbons (Fsp3) is 1.00. The van der Waals surface area contributed by atoms with E-state index >= 15 is 0 Å². The lowest BCUT2D eigenvalue weighted by molar-refractivity contribution is 0.0109. The first-order chi connectivity index (χ1) is 7.74. The van der Waals surface area contributed by atoms with Crippen molar-refractivity contribution >= 4 is 0 Å². The summed E-state index contributed by atoms with van der Waals surface area (Å²) in [5, 5.41) is 3.87. The first-order valence-corrected chi connectivity index (χ1v) is 7.11. The predicted octanol–water partition coefficient (Wildman–Crippen LogP) is 3.11. The van der Waals surface area contributed by atoms with Gasteiger partial charge in [-0.25, -0.2) is 0 Å². The lowest BCUT2D eigenvalue weighted by Gasteiger charge is -2.31. The Morgan fingerprint density at radius 2 is 1.81 bits per heavy atom. The summed E-state index contributed by atoms with van der Waals surface area (Å²) < 4.78 is 5.60. The zero-order valence-electron chi connectivity index (χ0n) is 10.9. The minimum Gasteiger partial charge on any atom is -0.378 e. The Bertz CT molecular complexity index is 207. The van der Waals surface area contributed by atoms with Crippen molar-refractivity contribution < 1.29 is 4.74 Å². The Hall–Kier alpha value is -0.0800. The van der Waals surface area contributed by atoms with Gasteiger partial charge in [0.2, 0.25) is 0 Å². The third-order valence-corrected chi connectivity index (χ3v) is 4.21. The van der Waals surface area contributed by atoms with Crippen LogP contribution in [-0.2, 0) is 4.74 Å². The molecule has 0 radical (unpaired) electrons. The van der Waals surface area contributed by atoms with Gasteiger partial charge in [0.15, 0.2) is 0 Å². The summed E-state index contributed by atoms with van der Waals surface area (Å²) in [6.07, 6.45) is 9.89. The van der Waals surface area contributed by atoms with E-state index in [1.54, 1.807) is 0 Å². The van der Waals surface area contributed by atoms with Crippen LogP contribution in [0.1, 0.15) is 58.8 Å². The highest BCUT2D eigenvalue weighted by Gasteiger charge is 2.23. The zero-order valence-corrected chi connectivity index (χ0v) is 10.9. The number of nitrogens with one attached hydrogen (secondary N) is 1. The van der Waals surface area contributed by atoms with Gasteiger partial charge in [-0.05, 0) is 44.9 Å². The van der Waals surface area contributed by atoms with Crippen LogP contribution in [0.25, 0.3) is 0 Å². The van der Waals surface area contributed by atoms with Gasteiger partial charge in [-0.15, -0.1) is 0 Å². The molecule has 1 aliphatic carbocycles. The minimum absolute atomic E-state index is 0.455. The molecule has 0 aromatic carbocycles. The summed E-state index contributed by atoms with van der Waals surface area (Å²) in [6, 6.07) is 1.49. The molecule has 1 saturated carbocycles. The minimum atomic E-state index is 0.455. The Labute approximate surface area is 100 Å². The molecule has 1 aliphatic heterocycles. The Kier molecular flexibility index (Phi) is 4.66. The first kappa shape index (κ1) is 12.4. The maximum absolute atomic E-state index is 5.60. The molecule has 2 nitrogen and oxygen atoms in total. The van der Waals surface area contributed by atoms with Crippen LogP contribution < -0.4 is 5.32 Å². The Balaban J connectivity index is 1.75. The van der Waals surface area contributed by atoms with E-state index in [-0.39, 0.29) is 0 Å². The summed E-state index contributed by atoms with van der Waals surface area (Å²) in [5.41, 5.74) is 0. The van der Waals surface area contributed by atoms with E-state index in [1.807, 2.05) is 0 Å². The number of rotatable bonds is 2. The van der Waals surface area contributed by atoms with Crippen molar-refractivity contribution in [2.45, 2.75) is 77.0 Å². The largest absolute Gasteiger partial charge is 0.378 e. The van der Waals surface area contributed by atoms with Crippen LogP contribution in [0, 0.1) is 5.92 Å². The van der Waals surface area contributed by atoms with Gasteiger partial charge >= 0.3 is 0 Å². The van der Waals surface area contributed by atoms with Gasteiger partial charge < -0.3 is 10.1 Å². The molecule has 1 saturated heterocycles. The van der Waals surface area contributed by atoms with Crippen molar-refractivity contribution in [3.05, 3.63) is 0 Å². The monoisotopic (exact) mass is 225 g/mol. The number of ether oxygens (including phenoxy) is 1. The summed E-state index contributed by atoms with van der Waals surface area (Å²) in [7, 11) is 0. The van der Waals surface area contributed by atoms with Gasteiger partial charge in [0, 0.05) is 18.7 Å². The van der Waals surface area contributed by atoms with Gasteiger partial charge in [-0.2, -0.15) is 0 Å². The summed E-state index contributed by atoms with van der Waals surface area (Å²) in [6.45, 7) is 5.55. The van der Waals surface area contributed by atoms with Crippen LogP contribution in [0.5, 0.6) is 0 Å². The predicted molar refractivity (Wildman–Crippen MR) is 67.6 cm³/mol. The maximum Gasteiger partial charge on any atom is 0.0561 e. The molecule has 0 spiro atoms. The van der Waals surface area contributed by atoms with Crippen LogP contribution in [0.2, 0.25) is 0 Å². The topological polar surface area (TPSA) is 21.3 Å². The van der Waals surface area contributed by atoms with Crippen molar-refractivity contribution in [1.82, 2.24) is 5.32 Å². The quantitative estimate of drug-likeness (QED) is 0.729. The summed E-state index contributed by atoms with van der Waals surface area (Å²) >= 11 is 0. The van der Waals surface area contributed by atoms with E-state index < -0.39 is 0 Å². The van der Waals surface area contributed by atoms with Crippen LogP contribution >= 0.6 is 0 Å². The van der Waals surface area contributed by atoms with E-state index in [4.69, 9.17) is 4.74 Å². The molecule has 0 aromatic heterocycles. The van der Waals surface area contributed by atoms with E-state index in [1.165, 1.54) is 44.9 Å².